The third-order valence-electron chi connectivity index (χ3n) is 4.46. The summed E-state index contributed by atoms with van der Waals surface area (Å²) in [5, 5.41) is 18.2. The van der Waals surface area contributed by atoms with Gasteiger partial charge in [-0.15, -0.1) is 5.10 Å². The third kappa shape index (κ3) is 3.39. The molecule has 134 valence electrons. The Bertz CT molecular complexity index is 1090. The molecule has 0 atom stereocenters. The molecule has 0 aliphatic carbocycles. The van der Waals surface area contributed by atoms with Gasteiger partial charge in [0.2, 0.25) is 0 Å². The maximum atomic E-state index is 12.9. The Labute approximate surface area is 165 Å². The highest BCUT2D eigenvalue weighted by Crippen LogP contribution is 2.30. The zero-order valence-electron chi connectivity index (χ0n) is 14.1. The number of aromatic nitrogens is 3. The van der Waals surface area contributed by atoms with Crippen molar-refractivity contribution in [3.05, 3.63) is 75.0 Å². The lowest BCUT2D eigenvalue weighted by Gasteiger charge is -2.15. The van der Waals surface area contributed by atoms with Gasteiger partial charge in [0.1, 0.15) is 0 Å². The molecule has 1 aromatic heterocycles. The van der Waals surface area contributed by atoms with Crippen LogP contribution in [0.2, 0.25) is 10.0 Å². The molecule has 0 radical (unpaired) electrons. The minimum absolute atomic E-state index is 0.239. The predicted octanol–water partition coefficient (Wildman–Crippen LogP) is 3.71. The molecule has 1 aliphatic rings. The van der Waals surface area contributed by atoms with Crippen molar-refractivity contribution in [2.75, 3.05) is 11.4 Å². The first-order chi connectivity index (χ1) is 13.0. The fraction of sp³-hybridized carbons (Fsp3) is 0.158. The zero-order valence-corrected chi connectivity index (χ0v) is 15.6. The molecule has 0 bridgehead atoms. The first kappa shape index (κ1) is 17.5. The van der Waals surface area contributed by atoms with E-state index in [2.05, 4.69) is 16.4 Å². The zero-order chi connectivity index (χ0) is 19.0. The number of hydrogen-bond acceptors (Lipinski definition) is 4. The second-order valence-corrected chi connectivity index (χ2v) is 7.04. The van der Waals surface area contributed by atoms with E-state index in [1.807, 2.05) is 12.1 Å². The highest BCUT2D eigenvalue weighted by atomic mass is 35.5. The lowest BCUT2D eigenvalue weighted by atomic mass is 10.1. The van der Waals surface area contributed by atoms with E-state index in [0.29, 0.717) is 28.7 Å². The maximum Gasteiger partial charge on any atom is 0.280 e. The minimum atomic E-state index is -0.239. The molecule has 2 aromatic carbocycles. The van der Waals surface area contributed by atoms with Crippen molar-refractivity contribution in [2.24, 2.45) is 0 Å². The Morgan fingerprint density at radius 2 is 2.07 bits per heavy atom. The number of carbonyl (C=O) groups excluding carboxylic acids is 1. The Hall–Kier alpha value is -2.88. The van der Waals surface area contributed by atoms with Crippen LogP contribution in [0.3, 0.4) is 0 Å². The highest BCUT2D eigenvalue weighted by molar-refractivity contribution is 6.35. The summed E-state index contributed by atoms with van der Waals surface area (Å²) in [5.74, 6) is -0.239. The fourth-order valence-electron chi connectivity index (χ4n) is 3.10. The van der Waals surface area contributed by atoms with Crippen molar-refractivity contribution < 1.29 is 4.79 Å². The number of amides is 1. The normalized spacial score (nSPS) is 12.7. The highest BCUT2D eigenvalue weighted by Gasteiger charge is 2.27. The number of benzene rings is 2. The summed E-state index contributed by atoms with van der Waals surface area (Å²) in [7, 11) is 0. The van der Waals surface area contributed by atoms with E-state index in [1.165, 1.54) is 0 Å². The number of nitriles is 1. The van der Waals surface area contributed by atoms with E-state index in [-0.39, 0.29) is 11.6 Å². The van der Waals surface area contributed by atoms with Crippen LogP contribution in [0.5, 0.6) is 0 Å². The molecule has 6 nitrogen and oxygen atoms in total. The lowest BCUT2D eigenvalue weighted by Crippen LogP contribution is -2.29. The molecular weight excluding hydrogens is 385 g/mol. The van der Waals surface area contributed by atoms with Crippen LogP contribution in [0.4, 0.5) is 5.69 Å². The van der Waals surface area contributed by atoms with Crippen molar-refractivity contribution in [3.63, 3.8) is 0 Å². The van der Waals surface area contributed by atoms with Crippen molar-refractivity contribution in [2.45, 2.75) is 13.0 Å². The number of anilines is 1. The molecule has 0 N–H and O–H groups in total. The molecule has 27 heavy (non-hydrogen) atoms. The van der Waals surface area contributed by atoms with Crippen LogP contribution in [0.1, 0.15) is 27.2 Å². The number of carbonyl (C=O) groups is 1. The quantitative estimate of drug-likeness (QED) is 0.674. The molecule has 1 aliphatic heterocycles. The summed E-state index contributed by atoms with van der Waals surface area (Å²) >= 11 is 12.1. The number of halogens is 2. The van der Waals surface area contributed by atoms with E-state index in [4.69, 9.17) is 28.5 Å². The van der Waals surface area contributed by atoms with Gasteiger partial charge in [-0.3, -0.25) is 4.79 Å². The topological polar surface area (TPSA) is 74.8 Å². The summed E-state index contributed by atoms with van der Waals surface area (Å²) in [6, 6.07) is 12.7. The van der Waals surface area contributed by atoms with Crippen molar-refractivity contribution in [1.29, 1.82) is 5.26 Å². The van der Waals surface area contributed by atoms with Crippen LogP contribution in [-0.4, -0.2) is 27.4 Å². The van der Waals surface area contributed by atoms with Gasteiger partial charge in [-0.25, -0.2) is 4.68 Å². The molecule has 0 saturated heterocycles. The van der Waals surface area contributed by atoms with E-state index in [9.17, 15) is 4.79 Å². The maximum absolute atomic E-state index is 12.9. The average Bonchev–Trinajstić information content (AvgIpc) is 3.30. The van der Waals surface area contributed by atoms with Gasteiger partial charge in [-0.1, -0.05) is 40.5 Å². The third-order valence-corrected chi connectivity index (χ3v) is 5.05. The van der Waals surface area contributed by atoms with E-state index in [0.717, 1.165) is 23.2 Å². The molecular formula is C19H13Cl2N5O. The predicted molar refractivity (Wildman–Crippen MR) is 102 cm³/mol. The lowest BCUT2D eigenvalue weighted by molar-refractivity contribution is 0.0984. The summed E-state index contributed by atoms with van der Waals surface area (Å²) in [4.78, 5) is 14.5. The Morgan fingerprint density at radius 1 is 1.22 bits per heavy atom. The monoisotopic (exact) mass is 397 g/mol. The SMILES string of the molecule is N#Cc1ccc2c(c1)N(C(=O)c1cn(Cc3ccc(Cl)cc3Cl)nn1)CC2. The van der Waals surface area contributed by atoms with Gasteiger partial charge in [-0.2, -0.15) is 5.26 Å². The number of fused-ring (bicyclic) bond motifs is 1. The van der Waals surface area contributed by atoms with Crippen LogP contribution in [0.25, 0.3) is 0 Å². The van der Waals surface area contributed by atoms with Crippen LogP contribution in [0.15, 0.2) is 42.6 Å². The van der Waals surface area contributed by atoms with E-state index in [1.54, 1.807) is 40.0 Å². The van der Waals surface area contributed by atoms with Gasteiger partial charge in [-0.05, 0) is 41.8 Å². The van der Waals surface area contributed by atoms with Gasteiger partial charge in [0.15, 0.2) is 5.69 Å². The van der Waals surface area contributed by atoms with Crippen molar-refractivity contribution in [3.8, 4) is 6.07 Å². The van der Waals surface area contributed by atoms with Gasteiger partial charge >= 0.3 is 0 Å². The van der Waals surface area contributed by atoms with Crippen molar-refractivity contribution in [1.82, 2.24) is 15.0 Å². The number of nitrogens with zero attached hydrogens (tertiary/aromatic N) is 5. The number of rotatable bonds is 3. The van der Waals surface area contributed by atoms with Gasteiger partial charge in [0.05, 0.1) is 24.4 Å². The standard InChI is InChI=1S/C19H13Cl2N5O/c20-15-4-3-14(16(21)8-15)10-25-11-17(23-24-25)19(27)26-6-5-13-2-1-12(9-22)7-18(13)26/h1-4,7-8,11H,5-6,10H2. The van der Waals surface area contributed by atoms with Crippen LogP contribution < -0.4 is 4.90 Å². The molecule has 8 heteroatoms. The first-order valence-electron chi connectivity index (χ1n) is 8.24. The van der Waals surface area contributed by atoms with Crippen molar-refractivity contribution >= 4 is 34.8 Å². The van der Waals surface area contributed by atoms with Gasteiger partial charge in [0, 0.05) is 22.3 Å². The van der Waals surface area contributed by atoms with E-state index < -0.39 is 0 Å². The summed E-state index contributed by atoms with van der Waals surface area (Å²) < 4.78 is 1.56. The molecule has 0 spiro atoms. The first-order valence-corrected chi connectivity index (χ1v) is 8.99. The Morgan fingerprint density at radius 3 is 2.85 bits per heavy atom. The second kappa shape index (κ2) is 7.03. The van der Waals surface area contributed by atoms with Crippen LogP contribution in [0, 0.1) is 11.3 Å². The van der Waals surface area contributed by atoms with E-state index >= 15 is 0 Å². The second-order valence-electron chi connectivity index (χ2n) is 6.20. The van der Waals surface area contributed by atoms with Crippen LogP contribution in [-0.2, 0) is 13.0 Å². The van der Waals surface area contributed by atoms with Crippen LogP contribution >= 0.6 is 23.2 Å². The molecule has 2 heterocycles. The summed E-state index contributed by atoms with van der Waals surface area (Å²) in [6.45, 7) is 0.935. The molecule has 4 rings (SSSR count). The Balaban J connectivity index is 1.56. The average molecular weight is 398 g/mol. The molecule has 0 fully saturated rings. The molecule has 0 saturated carbocycles. The summed E-state index contributed by atoms with van der Waals surface area (Å²) in [6.07, 6.45) is 2.35. The smallest absolute Gasteiger partial charge is 0.280 e. The van der Waals surface area contributed by atoms with Gasteiger partial charge < -0.3 is 4.90 Å². The minimum Gasteiger partial charge on any atom is -0.306 e. The Kier molecular flexibility index (Phi) is 4.56. The molecule has 1 amide bonds. The summed E-state index contributed by atoms with van der Waals surface area (Å²) in [5.41, 5.74) is 3.40. The van der Waals surface area contributed by atoms with Gasteiger partial charge in [0.25, 0.3) is 5.91 Å². The fourth-order valence-corrected chi connectivity index (χ4v) is 3.56. The molecule has 0 unspecified atom stereocenters. The molecule has 3 aromatic rings. The largest absolute Gasteiger partial charge is 0.306 e. The number of hydrogen-bond donors (Lipinski definition) is 0.